The molecule has 0 fully saturated rings. The van der Waals surface area contributed by atoms with Gasteiger partial charge >= 0.3 is 0 Å². The molecule has 0 bridgehead atoms. The molecule has 0 aliphatic rings. The van der Waals surface area contributed by atoms with Crippen molar-refractivity contribution in [1.29, 1.82) is 0 Å². The molecule has 0 amide bonds. The van der Waals surface area contributed by atoms with Crippen LogP contribution in [0.25, 0.3) is 0 Å². The van der Waals surface area contributed by atoms with Crippen molar-refractivity contribution in [3.8, 4) is 0 Å². The van der Waals surface area contributed by atoms with Crippen LogP contribution < -0.4 is 0 Å². The average Bonchev–Trinajstić information content (AvgIpc) is 2.25. The molecule has 108 valence electrons. The number of hydrogen-bond acceptors (Lipinski definition) is 3. The smallest absolute Gasteiger partial charge is 0.264 e. The fourth-order valence-electron chi connectivity index (χ4n) is 2.21. The third kappa shape index (κ3) is 3.80. The van der Waals surface area contributed by atoms with Crippen LogP contribution in [-0.2, 0) is 14.3 Å². The topological polar surface area (TPSA) is 43.4 Å². The number of rotatable bonds is 5. The van der Waals surface area contributed by atoms with Crippen LogP contribution in [0.2, 0.25) is 0 Å². The van der Waals surface area contributed by atoms with Crippen molar-refractivity contribution in [1.82, 2.24) is 0 Å². The Morgan fingerprint density at radius 2 is 1.53 bits per heavy atom. The largest absolute Gasteiger partial charge is 0.297 e. The van der Waals surface area contributed by atoms with E-state index in [2.05, 4.69) is 13.8 Å². The summed E-state index contributed by atoms with van der Waals surface area (Å²) in [6.07, 6.45) is -0.354. The minimum Gasteiger partial charge on any atom is -0.264 e. The zero-order chi connectivity index (χ0) is 14.8. The van der Waals surface area contributed by atoms with Crippen molar-refractivity contribution in [3.63, 3.8) is 0 Å². The highest BCUT2D eigenvalue weighted by Gasteiger charge is 2.25. The average molecular weight is 284 g/mol. The van der Waals surface area contributed by atoms with E-state index in [0.29, 0.717) is 4.90 Å². The summed E-state index contributed by atoms with van der Waals surface area (Å²) < 4.78 is 29.8. The maximum Gasteiger partial charge on any atom is 0.297 e. The van der Waals surface area contributed by atoms with Gasteiger partial charge in [0.1, 0.15) is 0 Å². The molecule has 0 atom stereocenters. The maximum atomic E-state index is 12.3. The summed E-state index contributed by atoms with van der Waals surface area (Å²) in [6, 6.07) is 5.42. The van der Waals surface area contributed by atoms with Crippen molar-refractivity contribution >= 4 is 10.1 Å². The van der Waals surface area contributed by atoms with E-state index in [4.69, 9.17) is 4.18 Å². The van der Waals surface area contributed by atoms with Gasteiger partial charge in [0.05, 0.1) is 11.0 Å². The second-order valence-electron chi connectivity index (χ2n) is 5.67. The van der Waals surface area contributed by atoms with Crippen molar-refractivity contribution in [2.24, 2.45) is 0 Å². The molecular formula is C15H24O3S. The Balaban J connectivity index is 3.48. The highest BCUT2D eigenvalue weighted by molar-refractivity contribution is 7.86. The molecule has 1 aromatic rings. The lowest BCUT2D eigenvalue weighted by Gasteiger charge is -2.20. The summed E-state index contributed by atoms with van der Waals surface area (Å²) in [5.74, 6) is 0.422. The third-order valence-corrected chi connectivity index (χ3v) is 4.42. The lowest BCUT2D eigenvalue weighted by atomic mass is 9.91. The SMILES string of the molecule is CC(C)OS(=O)(=O)c1cccc(C(C)C)c1C(C)C. The van der Waals surface area contributed by atoms with Gasteiger partial charge in [0.15, 0.2) is 0 Å². The Morgan fingerprint density at radius 1 is 0.947 bits per heavy atom. The first kappa shape index (κ1) is 16.2. The molecule has 0 saturated carbocycles. The molecular weight excluding hydrogens is 260 g/mol. The van der Waals surface area contributed by atoms with Gasteiger partial charge in [0.2, 0.25) is 0 Å². The van der Waals surface area contributed by atoms with Crippen LogP contribution in [0, 0.1) is 0 Å². The van der Waals surface area contributed by atoms with E-state index < -0.39 is 10.1 Å². The monoisotopic (exact) mass is 284 g/mol. The van der Waals surface area contributed by atoms with Gasteiger partial charge in [-0.2, -0.15) is 8.42 Å². The van der Waals surface area contributed by atoms with Crippen LogP contribution in [0.5, 0.6) is 0 Å². The quantitative estimate of drug-likeness (QED) is 0.766. The Bertz CT molecular complexity index is 528. The van der Waals surface area contributed by atoms with E-state index in [9.17, 15) is 8.42 Å². The standard InChI is InChI=1S/C15H24O3S/c1-10(2)13-8-7-9-14(15(13)11(3)4)19(16,17)18-12(5)6/h7-12H,1-6H3. The Morgan fingerprint density at radius 3 is 1.95 bits per heavy atom. The van der Waals surface area contributed by atoms with Gasteiger partial charge < -0.3 is 0 Å². The molecule has 1 rings (SSSR count). The van der Waals surface area contributed by atoms with Gasteiger partial charge in [-0.3, -0.25) is 4.18 Å². The van der Waals surface area contributed by atoms with E-state index in [0.717, 1.165) is 11.1 Å². The molecule has 0 N–H and O–H groups in total. The molecule has 0 radical (unpaired) electrons. The second-order valence-corrected chi connectivity index (χ2v) is 7.21. The first-order valence-electron chi connectivity index (χ1n) is 6.73. The molecule has 0 aliphatic carbocycles. The normalized spacial score (nSPS) is 12.7. The molecule has 19 heavy (non-hydrogen) atoms. The fourth-order valence-corrected chi connectivity index (χ4v) is 3.68. The van der Waals surface area contributed by atoms with Crippen LogP contribution in [0.4, 0.5) is 0 Å². The molecule has 0 aromatic heterocycles. The third-order valence-electron chi connectivity index (χ3n) is 2.89. The fraction of sp³-hybridized carbons (Fsp3) is 0.600. The molecule has 4 heteroatoms. The summed E-state index contributed by atoms with van der Waals surface area (Å²) in [5, 5.41) is 0. The van der Waals surface area contributed by atoms with Crippen LogP contribution in [0.3, 0.4) is 0 Å². The van der Waals surface area contributed by atoms with Gasteiger partial charge in [-0.05, 0) is 42.9 Å². The first-order valence-corrected chi connectivity index (χ1v) is 8.13. The minimum atomic E-state index is -3.69. The lowest BCUT2D eigenvalue weighted by molar-refractivity contribution is 0.248. The predicted molar refractivity (Wildman–Crippen MR) is 78.0 cm³/mol. The number of benzene rings is 1. The van der Waals surface area contributed by atoms with Crippen molar-refractivity contribution in [3.05, 3.63) is 29.3 Å². The van der Waals surface area contributed by atoms with Crippen molar-refractivity contribution < 1.29 is 12.6 Å². The second kappa shape index (κ2) is 6.06. The summed E-state index contributed by atoms with van der Waals surface area (Å²) in [7, 11) is -3.69. The highest BCUT2D eigenvalue weighted by Crippen LogP contribution is 2.32. The van der Waals surface area contributed by atoms with E-state index in [1.54, 1.807) is 26.0 Å². The van der Waals surface area contributed by atoms with Crippen molar-refractivity contribution in [2.75, 3.05) is 0 Å². The van der Waals surface area contributed by atoms with Crippen LogP contribution in [0.15, 0.2) is 23.1 Å². The Kier molecular flexibility index (Phi) is 5.16. The Hall–Kier alpha value is -0.870. The molecule has 0 unspecified atom stereocenters. The highest BCUT2D eigenvalue weighted by atomic mass is 32.2. The zero-order valence-electron chi connectivity index (χ0n) is 12.6. The molecule has 0 saturated heterocycles. The minimum absolute atomic E-state index is 0.138. The summed E-state index contributed by atoms with van der Waals surface area (Å²) >= 11 is 0. The van der Waals surface area contributed by atoms with E-state index >= 15 is 0 Å². The van der Waals surface area contributed by atoms with Gasteiger partial charge in [-0.25, -0.2) is 0 Å². The zero-order valence-corrected chi connectivity index (χ0v) is 13.4. The predicted octanol–water partition coefficient (Wildman–Crippen LogP) is 4.05. The summed E-state index contributed by atoms with van der Waals surface area (Å²) in [5.41, 5.74) is 1.95. The number of hydrogen-bond donors (Lipinski definition) is 0. The van der Waals surface area contributed by atoms with Crippen LogP contribution in [-0.4, -0.2) is 14.5 Å². The molecule has 0 spiro atoms. The van der Waals surface area contributed by atoms with Gasteiger partial charge in [0.25, 0.3) is 10.1 Å². The first-order chi connectivity index (χ1) is 8.66. The molecule has 0 heterocycles. The van der Waals surface area contributed by atoms with Gasteiger partial charge in [-0.15, -0.1) is 0 Å². The summed E-state index contributed by atoms with van der Waals surface area (Å²) in [6.45, 7) is 11.6. The summed E-state index contributed by atoms with van der Waals surface area (Å²) in [4.78, 5) is 0.308. The molecule has 1 aromatic carbocycles. The van der Waals surface area contributed by atoms with Crippen LogP contribution in [0.1, 0.15) is 64.5 Å². The van der Waals surface area contributed by atoms with Crippen molar-refractivity contribution in [2.45, 2.75) is 64.4 Å². The van der Waals surface area contributed by atoms with Gasteiger partial charge in [-0.1, -0.05) is 39.8 Å². The van der Waals surface area contributed by atoms with E-state index in [-0.39, 0.29) is 17.9 Å². The molecule has 3 nitrogen and oxygen atoms in total. The Labute approximate surface area is 117 Å². The van der Waals surface area contributed by atoms with E-state index in [1.807, 2.05) is 19.9 Å². The lowest BCUT2D eigenvalue weighted by Crippen LogP contribution is -2.16. The maximum absolute atomic E-state index is 12.3. The van der Waals surface area contributed by atoms with E-state index in [1.165, 1.54) is 0 Å². The van der Waals surface area contributed by atoms with Gasteiger partial charge in [0, 0.05) is 0 Å². The van der Waals surface area contributed by atoms with Crippen LogP contribution >= 0.6 is 0 Å². The molecule has 0 aliphatic heterocycles.